The third-order valence-electron chi connectivity index (χ3n) is 4.98. The van der Waals surface area contributed by atoms with Crippen LogP contribution in [0, 0.1) is 5.82 Å². The van der Waals surface area contributed by atoms with Gasteiger partial charge in [-0.25, -0.2) is 4.39 Å². The van der Waals surface area contributed by atoms with Crippen molar-refractivity contribution in [3.8, 4) is 0 Å². The molecule has 0 heterocycles. The first-order valence-electron chi connectivity index (χ1n) is 10.0. The largest absolute Gasteiger partial charge is 0.326 e. The molecule has 1 N–H and O–H groups in total. The molecule has 0 aliphatic heterocycles. The van der Waals surface area contributed by atoms with Crippen molar-refractivity contribution in [3.05, 3.63) is 101 Å². The quantitative estimate of drug-likeness (QED) is 0.519. The molecule has 3 nitrogen and oxygen atoms in total. The summed E-state index contributed by atoms with van der Waals surface area (Å²) in [5, 5.41) is 2.83. The number of amides is 1. The average molecular weight is 403 g/mol. The van der Waals surface area contributed by atoms with Gasteiger partial charge in [0.25, 0.3) is 0 Å². The molecule has 4 heteroatoms. The maximum absolute atomic E-state index is 13.0. The van der Waals surface area contributed by atoms with Crippen LogP contribution in [-0.4, -0.2) is 11.7 Å². The summed E-state index contributed by atoms with van der Waals surface area (Å²) in [4.78, 5) is 25.1. The molecular weight excluding hydrogens is 377 g/mol. The highest BCUT2D eigenvalue weighted by atomic mass is 19.1. The molecule has 0 aliphatic rings. The molecule has 0 aliphatic carbocycles. The van der Waals surface area contributed by atoms with Crippen LogP contribution in [-0.2, 0) is 16.6 Å². The van der Waals surface area contributed by atoms with Gasteiger partial charge in [-0.2, -0.15) is 0 Å². The van der Waals surface area contributed by atoms with Gasteiger partial charge in [0, 0.05) is 23.2 Å². The molecule has 3 rings (SSSR count). The van der Waals surface area contributed by atoms with Gasteiger partial charge in [0.05, 0.1) is 0 Å². The fourth-order valence-electron chi connectivity index (χ4n) is 3.16. The highest BCUT2D eigenvalue weighted by molar-refractivity contribution is 6.09. The van der Waals surface area contributed by atoms with Crippen LogP contribution in [0.5, 0.6) is 0 Å². The molecule has 3 aromatic rings. The first kappa shape index (κ1) is 21.4. The summed E-state index contributed by atoms with van der Waals surface area (Å²) in [6, 6.07) is 20.7. The summed E-state index contributed by atoms with van der Waals surface area (Å²) >= 11 is 0. The van der Waals surface area contributed by atoms with Crippen LogP contribution in [0.15, 0.2) is 72.8 Å². The molecule has 0 bridgehead atoms. The second kappa shape index (κ2) is 9.04. The predicted octanol–water partition coefficient (Wildman–Crippen LogP) is 5.93. The Kier molecular flexibility index (Phi) is 6.46. The minimum Gasteiger partial charge on any atom is -0.326 e. The maximum atomic E-state index is 13.0. The summed E-state index contributed by atoms with van der Waals surface area (Å²) in [6.07, 6.45) is 0.795. The standard InChI is InChI=1S/C26H26FNO2/c1-26(2,3)21-12-10-19(11-13-21)25(30)20-5-4-6-23(17-20)28-24(29)16-9-18-7-14-22(27)15-8-18/h4-8,10-15,17H,9,16H2,1-3H3,(H,28,29). The second-order valence-electron chi connectivity index (χ2n) is 8.41. The number of carbonyl (C=O) groups excluding carboxylic acids is 2. The maximum Gasteiger partial charge on any atom is 0.224 e. The number of anilines is 1. The Morgan fingerprint density at radius 2 is 1.53 bits per heavy atom. The van der Waals surface area contributed by atoms with Crippen molar-refractivity contribution in [2.24, 2.45) is 0 Å². The van der Waals surface area contributed by atoms with E-state index in [1.807, 2.05) is 24.3 Å². The van der Waals surface area contributed by atoms with Crippen molar-refractivity contribution >= 4 is 17.4 Å². The number of ketones is 1. The van der Waals surface area contributed by atoms with E-state index in [1.165, 1.54) is 17.7 Å². The van der Waals surface area contributed by atoms with Gasteiger partial charge < -0.3 is 5.32 Å². The first-order chi connectivity index (χ1) is 14.2. The fourth-order valence-corrected chi connectivity index (χ4v) is 3.16. The molecule has 0 fully saturated rings. The summed E-state index contributed by atoms with van der Waals surface area (Å²) in [6.45, 7) is 6.39. The Hall–Kier alpha value is -3.27. The molecule has 0 atom stereocenters. The lowest BCUT2D eigenvalue weighted by Gasteiger charge is -2.19. The molecule has 154 valence electrons. The predicted molar refractivity (Wildman–Crippen MR) is 118 cm³/mol. The molecule has 0 aromatic heterocycles. The summed E-state index contributed by atoms with van der Waals surface area (Å²) in [5.41, 5.74) is 3.81. The Morgan fingerprint density at radius 1 is 0.867 bits per heavy atom. The van der Waals surface area contributed by atoms with E-state index in [0.29, 0.717) is 23.2 Å². The van der Waals surface area contributed by atoms with Crippen LogP contribution in [0.25, 0.3) is 0 Å². The van der Waals surface area contributed by atoms with Crippen LogP contribution in [0.1, 0.15) is 54.2 Å². The summed E-state index contributed by atoms with van der Waals surface area (Å²) in [7, 11) is 0. The average Bonchev–Trinajstić information content (AvgIpc) is 2.72. The Bertz CT molecular complexity index is 1030. The Morgan fingerprint density at radius 3 is 2.17 bits per heavy atom. The van der Waals surface area contributed by atoms with Gasteiger partial charge >= 0.3 is 0 Å². The van der Waals surface area contributed by atoms with Crippen molar-refractivity contribution in [2.75, 3.05) is 5.32 Å². The van der Waals surface area contributed by atoms with E-state index in [1.54, 1.807) is 36.4 Å². The fraction of sp³-hybridized carbons (Fsp3) is 0.231. The number of nitrogens with one attached hydrogen (secondary N) is 1. The zero-order chi connectivity index (χ0) is 21.7. The minimum absolute atomic E-state index is 0.0275. The van der Waals surface area contributed by atoms with Crippen LogP contribution >= 0.6 is 0 Å². The van der Waals surface area contributed by atoms with E-state index in [-0.39, 0.29) is 29.3 Å². The lowest BCUT2D eigenvalue weighted by Crippen LogP contribution is -2.13. The van der Waals surface area contributed by atoms with Gasteiger partial charge in [-0.05, 0) is 47.2 Å². The van der Waals surface area contributed by atoms with E-state index in [4.69, 9.17) is 0 Å². The number of carbonyl (C=O) groups is 2. The number of aryl methyl sites for hydroxylation is 1. The van der Waals surface area contributed by atoms with Gasteiger partial charge in [-0.1, -0.05) is 69.3 Å². The SMILES string of the molecule is CC(C)(C)c1ccc(C(=O)c2cccc(NC(=O)CCc3ccc(F)cc3)c2)cc1. The zero-order valence-corrected chi connectivity index (χ0v) is 17.5. The lowest BCUT2D eigenvalue weighted by molar-refractivity contribution is -0.116. The van der Waals surface area contributed by atoms with Gasteiger partial charge in [0.2, 0.25) is 5.91 Å². The third kappa shape index (κ3) is 5.63. The van der Waals surface area contributed by atoms with Gasteiger partial charge in [-0.15, -0.1) is 0 Å². The third-order valence-corrected chi connectivity index (χ3v) is 4.98. The lowest BCUT2D eigenvalue weighted by atomic mass is 9.86. The van der Waals surface area contributed by atoms with E-state index in [9.17, 15) is 14.0 Å². The van der Waals surface area contributed by atoms with E-state index < -0.39 is 0 Å². The Labute approximate surface area is 177 Å². The van der Waals surface area contributed by atoms with Gasteiger partial charge in [0.1, 0.15) is 5.82 Å². The normalized spacial score (nSPS) is 11.2. The smallest absolute Gasteiger partial charge is 0.224 e. The van der Waals surface area contributed by atoms with E-state index in [2.05, 4.69) is 26.1 Å². The first-order valence-corrected chi connectivity index (χ1v) is 10.0. The van der Waals surface area contributed by atoms with Gasteiger partial charge in [0.15, 0.2) is 5.78 Å². The van der Waals surface area contributed by atoms with Crippen LogP contribution in [0.2, 0.25) is 0 Å². The molecule has 0 saturated heterocycles. The molecular formula is C26H26FNO2. The van der Waals surface area contributed by atoms with Crippen molar-refractivity contribution in [1.29, 1.82) is 0 Å². The molecule has 1 amide bonds. The zero-order valence-electron chi connectivity index (χ0n) is 17.5. The van der Waals surface area contributed by atoms with Crippen LogP contribution < -0.4 is 5.32 Å². The molecule has 0 spiro atoms. The molecule has 0 saturated carbocycles. The van der Waals surface area contributed by atoms with Crippen molar-refractivity contribution in [1.82, 2.24) is 0 Å². The number of hydrogen-bond donors (Lipinski definition) is 1. The second-order valence-corrected chi connectivity index (χ2v) is 8.41. The van der Waals surface area contributed by atoms with Crippen molar-refractivity contribution < 1.29 is 14.0 Å². The van der Waals surface area contributed by atoms with Crippen LogP contribution in [0.3, 0.4) is 0 Å². The molecule has 0 radical (unpaired) electrons. The highest BCUT2D eigenvalue weighted by Crippen LogP contribution is 2.23. The number of benzene rings is 3. The van der Waals surface area contributed by atoms with Crippen molar-refractivity contribution in [3.63, 3.8) is 0 Å². The van der Waals surface area contributed by atoms with E-state index >= 15 is 0 Å². The molecule has 30 heavy (non-hydrogen) atoms. The number of hydrogen-bond acceptors (Lipinski definition) is 2. The highest BCUT2D eigenvalue weighted by Gasteiger charge is 2.15. The van der Waals surface area contributed by atoms with Gasteiger partial charge in [-0.3, -0.25) is 9.59 Å². The molecule has 3 aromatic carbocycles. The van der Waals surface area contributed by atoms with Crippen LogP contribution in [0.4, 0.5) is 10.1 Å². The summed E-state index contributed by atoms with van der Waals surface area (Å²) in [5.74, 6) is -0.533. The summed E-state index contributed by atoms with van der Waals surface area (Å²) < 4.78 is 13.0. The topological polar surface area (TPSA) is 46.2 Å². The monoisotopic (exact) mass is 403 g/mol. The van der Waals surface area contributed by atoms with Crippen molar-refractivity contribution in [2.45, 2.75) is 39.0 Å². The minimum atomic E-state index is -0.294. The molecule has 0 unspecified atom stereocenters. The number of rotatable bonds is 6. The number of halogens is 1. The Balaban J connectivity index is 1.64. The van der Waals surface area contributed by atoms with E-state index in [0.717, 1.165) is 5.56 Å².